The SMILES string of the molecule is Nc1nc(NCc2ccco2)nc(N2CCCC2)n1. The second kappa shape index (κ2) is 5.13. The Labute approximate surface area is 110 Å². The molecule has 2 aromatic rings. The first kappa shape index (κ1) is 11.8. The van der Waals surface area contributed by atoms with E-state index in [0.717, 1.165) is 18.8 Å². The fourth-order valence-electron chi connectivity index (χ4n) is 2.10. The van der Waals surface area contributed by atoms with E-state index in [1.165, 1.54) is 12.8 Å². The maximum atomic E-state index is 5.72. The van der Waals surface area contributed by atoms with Crippen molar-refractivity contribution >= 4 is 17.8 Å². The monoisotopic (exact) mass is 260 g/mol. The molecule has 0 aliphatic carbocycles. The van der Waals surface area contributed by atoms with Crippen molar-refractivity contribution < 1.29 is 4.42 Å². The molecule has 2 aromatic heterocycles. The minimum absolute atomic E-state index is 0.235. The smallest absolute Gasteiger partial charge is 0.231 e. The van der Waals surface area contributed by atoms with Crippen molar-refractivity contribution in [1.82, 2.24) is 15.0 Å². The molecule has 0 amide bonds. The molecular formula is C12H16N6O. The van der Waals surface area contributed by atoms with Crippen LogP contribution in [0.3, 0.4) is 0 Å². The van der Waals surface area contributed by atoms with Crippen LogP contribution in [0.2, 0.25) is 0 Å². The fraction of sp³-hybridized carbons (Fsp3) is 0.417. The second-order valence-corrected chi connectivity index (χ2v) is 4.44. The highest BCUT2D eigenvalue weighted by Crippen LogP contribution is 2.17. The van der Waals surface area contributed by atoms with Gasteiger partial charge in [-0.25, -0.2) is 0 Å². The molecular weight excluding hydrogens is 244 g/mol. The predicted octanol–water partition coefficient (Wildman–Crippen LogP) is 1.26. The van der Waals surface area contributed by atoms with Crippen LogP contribution in [0.1, 0.15) is 18.6 Å². The second-order valence-electron chi connectivity index (χ2n) is 4.44. The van der Waals surface area contributed by atoms with Gasteiger partial charge in [0.2, 0.25) is 17.8 Å². The van der Waals surface area contributed by atoms with Crippen molar-refractivity contribution in [1.29, 1.82) is 0 Å². The number of nitrogens with zero attached hydrogens (tertiary/aromatic N) is 4. The lowest BCUT2D eigenvalue weighted by Crippen LogP contribution is -2.22. The summed E-state index contributed by atoms with van der Waals surface area (Å²) in [5.74, 6) is 2.18. The zero-order chi connectivity index (χ0) is 13.1. The lowest BCUT2D eigenvalue weighted by atomic mass is 10.4. The molecule has 0 saturated carbocycles. The third-order valence-electron chi connectivity index (χ3n) is 3.03. The van der Waals surface area contributed by atoms with E-state index < -0.39 is 0 Å². The largest absolute Gasteiger partial charge is 0.467 e. The van der Waals surface area contributed by atoms with Crippen molar-refractivity contribution in [3.8, 4) is 0 Å². The highest BCUT2D eigenvalue weighted by atomic mass is 16.3. The lowest BCUT2D eigenvalue weighted by Gasteiger charge is -2.15. The molecule has 1 fully saturated rings. The summed E-state index contributed by atoms with van der Waals surface area (Å²) in [7, 11) is 0. The summed E-state index contributed by atoms with van der Waals surface area (Å²) in [6.07, 6.45) is 3.97. The number of hydrogen-bond donors (Lipinski definition) is 2. The normalized spacial score (nSPS) is 14.8. The van der Waals surface area contributed by atoms with Gasteiger partial charge in [0.05, 0.1) is 12.8 Å². The van der Waals surface area contributed by atoms with Crippen LogP contribution in [0.5, 0.6) is 0 Å². The molecule has 0 aromatic carbocycles. The fourth-order valence-corrected chi connectivity index (χ4v) is 2.10. The molecule has 3 heterocycles. The van der Waals surface area contributed by atoms with Crippen molar-refractivity contribution in [2.24, 2.45) is 0 Å². The van der Waals surface area contributed by atoms with Gasteiger partial charge >= 0.3 is 0 Å². The van der Waals surface area contributed by atoms with Gasteiger partial charge in [-0.15, -0.1) is 0 Å². The minimum Gasteiger partial charge on any atom is -0.467 e. The molecule has 0 bridgehead atoms. The van der Waals surface area contributed by atoms with E-state index in [2.05, 4.69) is 25.2 Å². The lowest BCUT2D eigenvalue weighted by molar-refractivity contribution is 0.517. The van der Waals surface area contributed by atoms with Crippen LogP contribution in [0, 0.1) is 0 Å². The van der Waals surface area contributed by atoms with Gasteiger partial charge in [-0.05, 0) is 25.0 Å². The van der Waals surface area contributed by atoms with Gasteiger partial charge in [0.15, 0.2) is 0 Å². The van der Waals surface area contributed by atoms with Gasteiger partial charge in [-0.3, -0.25) is 0 Å². The summed E-state index contributed by atoms with van der Waals surface area (Å²) in [4.78, 5) is 14.8. The summed E-state index contributed by atoms with van der Waals surface area (Å²) in [6, 6.07) is 3.73. The first-order valence-corrected chi connectivity index (χ1v) is 6.34. The Morgan fingerprint density at radius 1 is 1.26 bits per heavy atom. The summed E-state index contributed by atoms with van der Waals surface area (Å²) in [5, 5.41) is 3.09. The number of nitrogens with one attached hydrogen (secondary N) is 1. The molecule has 100 valence electrons. The van der Waals surface area contributed by atoms with Crippen molar-refractivity contribution in [2.75, 3.05) is 29.0 Å². The summed E-state index contributed by atoms with van der Waals surface area (Å²) < 4.78 is 5.24. The maximum absolute atomic E-state index is 5.72. The molecule has 0 atom stereocenters. The van der Waals surface area contributed by atoms with Gasteiger partial charge in [-0.2, -0.15) is 15.0 Å². The Bertz CT molecular complexity index is 535. The van der Waals surface area contributed by atoms with E-state index >= 15 is 0 Å². The molecule has 19 heavy (non-hydrogen) atoms. The number of rotatable bonds is 4. The third kappa shape index (κ3) is 2.75. The highest BCUT2D eigenvalue weighted by molar-refractivity contribution is 5.42. The number of hydrogen-bond acceptors (Lipinski definition) is 7. The van der Waals surface area contributed by atoms with Crippen LogP contribution >= 0.6 is 0 Å². The molecule has 7 nitrogen and oxygen atoms in total. The van der Waals surface area contributed by atoms with Crippen LogP contribution in [0.25, 0.3) is 0 Å². The van der Waals surface area contributed by atoms with E-state index in [9.17, 15) is 0 Å². The van der Waals surface area contributed by atoms with Crippen LogP contribution in [-0.2, 0) is 6.54 Å². The van der Waals surface area contributed by atoms with Crippen molar-refractivity contribution in [2.45, 2.75) is 19.4 Å². The quantitative estimate of drug-likeness (QED) is 0.854. The predicted molar refractivity (Wildman–Crippen MR) is 71.7 cm³/mol. The molecule has 1 saturated heterocycles. The van der Waals surface area contributed by atoms with Crippen molar-refractivity contribution in [3.05, 3.63) is 24.2 Å². The standard InChI is InChI=1S/C12H16N6O/c13-10-15-11(14-8-9-4-3-7-19-9)17-12(16-10)18-5-1-2-6-18/h3-4,7H,1-2,5-6,8H2,(H3,13,14,15,16,17). The van der Waals surface area contributed by atoms with Crippen molar-refractivity contribution in [3.63, 3.8) is 0 Å². The Kier molecular flexibility index (Phi) is 3.18. The van der Waals surface area contributed by atoms with E-state index in [-0.39, 0.29) is 5.95 Å². The number of nitrogen functional groups attached to an aromatic ring is 1. The van der Waals surface area contributed by atoms with Crippen LogP contribution in [-0.4, -0.2) is 28.0 Å². The highest BCUT2D eigenvalue weighted by Gasteiger charge is 2.16. The zero-order valence-corrected chi connectivity index (χ0v) is 10.5. The molecule has 3 rings (SSSR count). The van der Waals surface area contributed by atoms with Gasteiger partial charge < -0.3 is 20.4 Å². The Balaban J connectivity index is 1.73. The molecule has 7 heteroatoms. The average Bonchev–Trinajstić information content (AvgIpc) is 3.09. The van der Waals surface area contributed by atoms with Crippen LogP contribution < -0.4 is 16.0 Å². The number of anilines is 3. The van der Waals surface area contributed by atoms with E-state index in [1.807, 2.05) is 12.1 Å². The van der Waals surface area contributed by atoms with E-state index in [0.29, 0.717) is 18.4 Å². The number of nitrogens with two attached hydrogens (primary N) is 1. The van der Waals surface area contributed by atoms with Crippen LogP contribution in [0.15, 0.2) is 22.8 Å². The first-order chi connectivity index (χ1) is 9.31. The summed E-state index contributed by atoms with van der Waals surface area (Å²) in [5.41, 5.74) is 5.72. The molecule has 0 unspecified atom stereocenters. The number of aromatic nitrogens is 3. The first-order valence-electron chi connectivity index (χ1n) is 6.34. The molecule has 0 spiro atoms. The van der Waals surface area contributed by atoms with Gasteiger partial charge in [-0.1, -0.05) is 0 Å². The summed E-state index contributed by atoms with van der Waals surface area (Å²) >= 11 is 0. The van der Waals surface area contributed by atoms with Gasteiger partial charge in [0.1, 0.15) is 5.76 Å². The molecule has 3 N–H and O–H groups in total. The molecule has 0 radical (unpaired) electrons. The van der Waals surface area contributed by atoms with Gasteiger partial charge in [0, 0.05) is 13.1 Å². The van der Waals surface area contributed by atoms with Gasteiger partial charge in [0.25, 0.3) is 0 Å². The Hall–Kier alpha value is -2.31. The molecule has 1 aliphatic heterocycles. The van der Waals surface area contributed by atoms with E-state index in [1.54, 1.807) is 6.26 Å². The Morgan fingerprint density at radius 2 is 2.11 bits per heavy atom. The van der Waals surface area contributed by atoms with Crippen LogP contribution in [0.4, 0.5) is 17.8 Å². The summed E-state index contributed by atoms with van der Waals surface area (Å²) in [6.45, 7) is 2.47. The van der Waals surface area contributed by atoms with E-state index in [4.69, 9.17) is 10.2 Å². The maximum Gasteiger partial charge on any atom is 0.231 e. The minimum atomic E-state index is 0.235. The topological polar surface area (TPSA) is 93.1 Å². The third-order valence-corrected chi connectivity index (χ3v) is 3.03. The average molecular weight is 260 g/mol. The molecule has 1 aliphatic rings. The number of furan rings is 1. The zero-order valence-electron chi connectivity index (χ0n) is 10.5. The Morgan fingerprint density at radius 3 is 2.84 bits per heavy atom.